The molecule has 0 radical (unpaired) electrons. The number of alkyl halides is 3. The second-order valence-electron chi connectivity index (χ2n) is 7.38. The monoisotopic (exact) mass is 475 g/mol. The predicted octanol–water partition coefficient (Wildman–Crippen LogP) is 2.36. The van der Waals surface area contributed by atoms with Crippen molar-refractivity contribution in [1.82, 2.24) is 19.6 Å². The number of hydrogen-bond acceptors (Lipinski definition) is 8. The molecule has 4 N–H and O–H groups in total. The van der Waals surface area contributed by atoms with Crippen molar-refractivity contribution in [2.24, 2.45) is 0 Å². The lowest BCUT2D eigenvalue weighted by Gasteiger charge is -2.27. The number of anilines is 3. The zero-order valence-electron chi connectivity index (χ0n) is 17.4. The van der Waals surface area contributed by atoms with Gasteiger partial charge >= 0.3 is 6.18 Å². The van der Waals surface area contributed by atoms with Gasteiger partial charge in [-0.3, -0.25) is 4.90 Å². The van der Waals surface area contributed by atoms with E-state index in [1.807, 2.05) is 0 Å². The molecule has 0 aliphatic carbocycles. The van der Waals surface area contributed by atoms with Gasteiger partial charge in [-0.2, -0.15) is 13.2 Å². The summed E-state index contributed by atoms with van der Waals surface area (Å²) in [5.74, 6) is -0.685. The summed E-state index contributed by atoms with van der Waals surface area (Å²) in [6.45, 7) is -0.863. The molecule has 3 atom stereocenters. The molecular formula is C22H20F3N5O4. The fraction of sp³-hybridized carbons (Fsp3) is 0.227. The Bertz CT molecular complexity index is 1210. The first kappa shape index (κ1) is 23.6. The molecule has 4 aromatic rings. The Hall–Kier alpha value is -3.58. The van der Waals surface area contributed by atoms with Gasteiger partial charge in [0.15, 0.2) is 17.2 Å². The minimum Gasteiger partial charge on any atom is -0.394 e. The quantitative estimate of drug-likeness (QED) is 0.321. The summed E-state index contributed by atoms with van der Waals surface area (Å²) in [5.41, 5.74) is -0.635. The van der Waals surface area contributed by atoms with Crippen LogP contribution in [-0.4, -0.2) is 58.8 Å². The third-order valence-electron chi connectivity index (χ3n) is 5.09. The summed E-state index contributed by atoms with van der Waals surface area (Å²) in [6.07, 6.45) is -10.3. The molecule has 0 bridgehead atoms. The Balaban J connectivity index is 2.02. The molecule has 178 valence electrons. The summed E-state index contributed by atoms with van der Waals surface area (Å²) < 4.78 is 42.2. The first-order chi connectivity index (χ1) is 16.2. The van der Waals surface area contributed by atoms with Crippen LogP contribution in [-0.2, 0) is 6.18 Å². The topological polar surface area (TPSA) is 127 Å². The highest BCUT2D eigenvalue weighted by Gasteiger charge is 2.37. The van der Waals surface area contributed by atoms with E-state index in [0.717, 1.165) is 4.40 Å². The number of benzene rings is 2. The van der Waals surface area contributed by atoms with Gasteiger partial charge in [0.25, 0.3) is 0 Å². The predicted molar refractivity (Wildman–Crippen MR) is 115 cm³/mol. The maximum atomic E-state index is 13.7. The van der Waals surface area contributed by atoms with Crippen LogP contribution in [0.1, 0.15) is 17.6 Å². The van der Waals surface area contributed by atoms with E-state index in [9.17, 15) is 28.5 Å². The SMILES string of the molecule is OC[C@@H](O)[C@@H](O)[C@@H](O)c1nnc2cc(C(F)(F)F)nc(N(c3ccccc3)c3ccccc3)n12. The Kier molecular flexibility index (Phi) is 6.48. The highest BCUT2D eigenvalue weighted by molar-refractivity contribution is 5.74. The van der Waals surface area contributed by atoms with Crippen LogP contribution < -0.4 is 4.90 Å². The van der Waals surface area contributed by atoms with E-state index in [1.165, 1.54) is 4.90 Å². The summed E-state index contributed by atoms with van der Waals surface area (Å²) in [4.78, 5) is 5.26. The number of aromatic nitrogens is 4. The first-order valence-electron chi connectivity index (χ1n) is 10.1. The van der Waals surface area contributed by atoms with Crippen LogP contribution in [0.15, 0.2) is 66.7 Å². The van der Waals surface area contributed by atoms with E-state index in [4.69, 9.17) is 5.11 Å². The van der Waals surface area contributed by atoms with Gasteiger partial charge < -0.3 is 20.4 Å². The normalized spacial score (nSPS) is 14.7. The second-order valence-corrected chi connectivity index (χ2v) is 7.38. The number of nitrogens with zero attached hydrogens (tertiary/aromatic N) is 5. The van der Waals surface area contributed by atoms with Crippen LogP contribution in [0.25, 0.3) is 5.65 Å². The molecule has 0 spiro atoms. The van der Waals surface area contributed by atoms with Crippen molar-refractivity contribution in [2.75, 3.05) is 11.5 Å². The minimum atomic E-state index is -4.81. The maximum Gasteiger partial charge on any atom is 0.433 e. The van der Waals surface area contributed by atoms with Crippen LogP contribution in [0.4, 0.5) is 30.5 Å². The number of halogens is 3. The minimum absolute atomic E-state index is 0.297. The molecule has 0 fully saturated rings. The van der Waals surface area contributed by atoms with E-state index in [2.05, 4.69) is 15.2 Å². The summed E-state index contributed by atoms with van der Waals surface area (Å²) in [7, 11) is 0. The molecule has 0 saturated carbocycles. The summed E-state index contributed by atoms with van der Waals surface area (Å²) in [6, 6.07) is 17.5. The van der Waals surface area contributed by atoms with Gasteiger partial charge in [0.2, 0.25) is 5.95 Å². The average Bonchev–Trinajstić information content (AvgIpc) is 3.28. The van der Waals surface area contributed by atoms with E-state index in [1.54, 1.807) is 60.7 Å². The third kappa shape index (κ3) is 4.43. The van der Waals surface area contributed by atoms with Crippen molar-refractivity contribution >= 4 is 23.0 Å². The van der Waals surface area contributed by atoms with Gasteiger partial charge in [0.05, 0.1) is 6.61 Å². The van der Waals surface area contributed by atoms with Crippen molar-refractivity contribution in [3.05, 3.63) is 78.2 Å². The molecule has 2 aromatic heterocycles. The Morgan fingerprint density at radius 2 is 1.44 bits per heavy atom. The molecule has 0 aliphatic rings. The Labute approximate surface area is 191 Å². The fourth-order valence-corrected chi connectivity index (χ4v) is 3.41. The van der Waals surface area contributed by atoms with E-state index >= 15 is 0 Å². The van der Waals surface area contributed by atoms with Crippen LogP contribution in [0.2, 0.25) is 0 Å². The lowest BCUT2D eigenvalue weighted by Crippen LogP contribution is -2.35. The number of fused-ring (bicyclic) bond motifs is 1. The Morgan fingerprint density at radius 3 is 1.94 bits per heavy atom. The number of hydrogen-bond donors (Lipinski definition) is 4. The zero-order chi connectivity index (χ0) is 24.5. The van der Waals surface area contributed by atoms with Crippen LogP contribution in [0.3, 0.4) is 0 Å². The van der Waals surface area contributed by atoms with Gasteiger partial charge in [-0.15, -0.1) is 10.2 Å². The molecule has 0 saturated heterocycles. The molecule has 2 aromatic carbocycles. The van der Waals surface area contributed by atoms with Crippen LogP contribution in [0.5, 0.6) is 0 Å². The summed E-state index contributed by atoms with van der Waals surface area (Å²) in [5, 5.41) is 47.2. The molecule has 4 rings (SSSR count). The van der Waals surface area contributed by atoms with Crippen molar-refractivity contribution in [3.8, 4) is 0 Å². The number of para-hydroxylation sites is 2. The fourth-order valence-electron chi connectivity index (χ4n) is 3.41. The molecule has 12 heteroatoms. The molecule has 0 amide bonds. The molecular weight excluding hydrogens is 455 g/mol. The summed E-state index contributed by atoms with van der Waals surface area (Å²) >= 11 is 0. The van der Waals surface area contributed by atoms with Crippen molar-refractivity contribution in [3.63, 3.8) is 0 Å². The average molecular weight is 475 g/mol. The maximum absolute atomic E-state index is 13.7. The molecule has 0 unspecified atom stereocenters. The van der Waals surface area contributed by atoms with E-state index in [0.29, 0.717) is 17.4 Å². The zero-order valence-corrected chi connectivity index (χ0v) is 17.4. The standard InChI is InChI=1S/C22H20F3N5O4/c23-22(24,25)16-11-17-27-28-20(19(34)18(33)15(32)12-31)30(17)21(26-16)29(13-7-3-1-4-8-13)14-9-5-2-6-10-14/h1-11,15,18-19,31-34H,12H2/t15-,18-,19-/m1/s1. The molecule has 0 aliphatic heterocycles. The highest BCUT2D eigenvalue weighted by Crippen LogP contribution is 2.37. The van der Waals surface area contributed by atoms with Crippen LogP contribution in [0, 0.1) is 0 Å². The number of aliphatic hydroxyl groups is 4. The Morgan fingerprint density at radius 1 is 0.882 bits per heavy atom. The molecule has 2 heterocycles. The van der Waals surface area contributed by atoms with Gasteiger partial charge in [-0.25, -0.2) is 9.38 Å². The van der Waals surface area contributed by atoms with Gasteiger partial charge in [0, 0.05) is 17.4 Å². The van der Waals surface area contributed by atoms with Gasteiger partial charge in [-0.05, 0) is 24.3 Å². The first-order valence-corrected chi connectivity index (χ1v) is 10.1. The van der Waals surface area contributed by atoms with Crippen LogP contribution >= 0.6 is 0 Å². The molecule has 9 nitrogen and oxygen atoms in total. The lowest BCUT2D eigenvalue weighted by atomic mass is 10.1. The number of rotatable bonds is 7. The smallest absolute Gasteiger partial charge is 0.394 e. The third-order valence-corrected chi connectivity index (χ3v) is 5.09. The largest absolute Gasteiger partial charge is 0.433 e. The van der Waals surface area contributed by atoms with E-state index < -0.39 is 36.8 Å². The number of aliphatic hydroxyl groups excluding tert-OH is 4. The van der Waals surface area contributed by atoms with Crippen molar-refractivity contribution < 1.29 is 33.6 Å². The van der Waals surface area contributed by atoms with Gasteiger partial charge in [-0.1, -0.05) is 36.4 Å². The highest BCUT2D eigenvalue weighted by atomic mass is 19.4. The van der Waals surface area contributed by atoms with Crippen molar-refractivity contribution in [2.45, 2.75) is 24.5 Å². The lowest BCUT2D eigenvalue weighted by molar-refractivity contribution is -0.141. The van der Waals surface area contributed by atoms with E-state index in [-0.39, 0.29) is 17.4 Å². The second kappa shape index (κ2) is 9.35. The van der Waals surface area contributed by atoms with Gasteiger partial charge in [0.1, 0.15) is 18.3 Å². The van der Waals surface area contributed by atoms with Crippen molar-refractivity contribution in [1.29, 1.82) is 0 Å². The molecule has 34 heavy (non-hydrogen) atoms.